The van der Waals surface area contributed by atoms with E-state index in [-0.39, 0.29) is 24.4 Å². The summed E-state index contributed by atoms with van der Waals surface area (Å²) < 4.78 is 0. The summed E-state index contributed by atoms with van der Waals surface area (Å²) in [5.74, 6) is -0.206. The van der Waals surface area contributed by atoms with Gasteiger partial charge in [0, 0.05) is 6.54 Å². The van der Waals surface area contributed by atoms with E-state index in [9.17, 15) is 9.90 Å². The number of rotatable bonds is 6. The molecule has 0 aliphatic heterocycles. The van der Waals surface area contributed by atoms with Crippen molar-refractivity contribution in [3.63, 3.8) is 0 Å². The Morgan fingerprint density at radius 1 is 1.37 bits per heavy atom. The van der Waals surface area contributed by atoms with Crippen LogP contribution in [0, 0.1) is 6.92 Å². The fraction of sp³-hybridized carbons (Fsp3) is 0.500. The van der Waals surface area contributed by atoms with Crippen molar-refractivity contribution in [3.8, 4) is 0 Å². The van der Waals surface area contributed by atoms with Crippen LogP contribution >= 0.6 is 12.4 Å². The minimum absolute atomic E-state index is 0. The summed E-state index contributed by atoms with van der Waals surface area (Å²) in [6.07, 6.45) is 0.892. The first-order valence-electron chi connectivity index (χ1n) is 6.32. The van der Waals surface area contributed by atoms with Crippen molar-refractivity contribution >= 4 is 18.3 Å². The van der Waals surface area contributed by atoms with Crippen LogP contribution in [-0.2, 0) is 4.79 Å². The first-order chi connectivity index (χ1) is 8.54. The second-order valence-electron chi connectivity index (χ2n) is 4.53. The number of hydrogen-bond acceptors (Lipinski definition) is 3. The maximum absolute atomic E-state index is 11.8. The molecule has 5 heteroatoms. The highest BCUT2D eigenvalue weighted by Gasteiger charge is 2.15. The predicted molar refractivity (Wildman–Crippen MR) is 79.3 cm³/mol. The second-order valence-corrected chi connectivity index (χ2v) is 4.53. The molecule has 19 heavy (non-hydrogen) atoms. The van der Waals surface area contributed by atoms with E-state index in [1.165, 1.54) is 0 Å². The standard InChI is InChI=1S/C14H22N2O2.ClH/c1-3-12(17)8-9-16-14(18)13(15)11-6-4-10(2)5-7-11;/h4-7,12-13,17H,3,8-9,15H2,1-2H3,(H,16,18);1H. The van der Waals surface area contributed by atoms with Crippen LogP contribution in [-0.4, -0.2) is 23.7 Å². The normalized spacial score (nSPS) is 13.3. The number of carbonyl (C=O) groups excluding carboxylic acids is 1. The van der Waals surface area contributed by atoms with Gasteiger partial charge in [0.1, 0.15) is 6.04 Å². The van der Waals surface area contributed by atoms with Crippen LogP contribution < -0.4 is 11.1 Å². The number of halogens is 1. The van der Waals surface area contributed by atoms with Crippen molar-refractivity contribution in [2.75, 3.05) is 6.54 Å². The van der Waals surface area contributed by atoms with Gasteiger partial charge >= 0.3 is 0 Å². The Kier molecular flexibility index (Phi) is 8.39. The van der Waals surface area contributed by atoms with Crippen molar-refractivity contribution < 1.29 is 9.90 Å². The molecule has 1 aromatic rings. The van der Waals surface area contributed by atoms with Gasteiger partial charge in [-0.2, -0.15) is 0 Å². The molecule has 0 saturated heterocycles. The van der Waals surface area contributed by atoms with E-state index >= 15 is 0 Å². The molecule has 1 aromatic carbocycles. The lowest BCUT2D eigenvalue weighted by molar-refractivity contribution is -0.122. The van der Waals surface area contributed by atoms with Crippen molar-refractivity contribution in [3.05, 3.63) is 35.4 Å². The van der Waals surface area contributed by atoms with Crippen LogP contribution in [0.3, 0.4) is 0 Å². The molecule has 0 aliphatic rings. The van der Waals surface area contributed by atoms with Crippen LogP contribution in [0.15, 0.2) is 24.3 Å². The molecule has 0 radical (unpaired) electrons. The molecule has 2 unspecified atom stereocenters. The van der Waals surface area contributed by atoms with E-state index in [4.69, 9.17) is 5.73 Å². The van der Waals surface area contributed by atoms with E-state index in [1.54, 1.807) is 0 Å². The van der Waals surface area contributed by atoms with Crippen molar-refractivity contribution in [2.24, 2.45) is 5.73 Å². The Morgan fingerprint density at radius 3 is 2.47 bits per heavy atom. The second kappa shape index (κ2) is 8.91. The number of aliphatic hydroxyl groups is 1. The largest absolute Gasteiger partial charge is 0.393 e. The van der Waals surface area contributed by atoms with Gasteiger partial charge in [-0.3, -0.25) is 4.79 Å². The van der Waals surface area contributed by atoms with E-state index in [0.29, 0.717) is 19.4 Å². The zero-order valence-corrected chi connectivity index (χ0v) is 12.2. The summed E-state index contributed by atoms with van der Waals surface area (Å²) in [5.41, 5.74) is 7.80. The van der Waals surface area contributed by atoms with Gasteiger partial charge in [-0.25, -0.2) is 0 Å². The summed E-state index contributed by atoms with van der Waals surface area (Å²) in [4.78, 5) is 11.8. The van der Waals surface area contributed by atoms with E-state index in [1.807, 2.05) is 38.1 Å². The number of amides is 1. The number of nitrogens with one attached hydrogen (secondary N) is 1. The highest BCUT2D eigenvalue weighted by molar-refractivity contribution is 5.85. The highest BCUT2D eigenvalue weighted by atomic mass is 35.5. The summed E-state index contributed by atoms with van der Waals surface area (Å²) in [6, 6.07) is 6.94. The fourth-order valence-electron chi connectivity index (χ4n) is 1.60. The number of benzene rings is 1. The van der Waals surface area contributed by atoms with Gasteiger partial charge < -0.3 is 16.2 Å². The van der Waals surface area contributed by atoms with Gasteiger partial charge in [-0.05, 0) is 25.3 Å². The number of aryl methyl sites for hydroxylation is 1. The molecule has 0 bridgehead atoms. The molecule has 0 spiro atoms. The van der Waals surface area contributed by atoms with Crippen LogP contribution in [0.5, 0.6) is 0 Å². The molecule has 0 aromatic heterocycles. The van der Waals surface area contributed by atoms with Crippen molar-refractivity contribution in [2.45, 2.75) is 38.8 Å². The molecule has 0 saturated carbocycles. The Hall–Kier alpha value is -1.10. The third kappa shape index (κ3) is 6.05. The predicted octanol–water partition coefficient (Wildman–Crippen LogP) is 1.69. The zero-order chi connectivity index (χ0) is 13.5. The summed E-state index contributed by atoms with van der Waals surface area (Å²) >= 11 is 0. The minimum Gasteiger partial charge on any atom is -0.393 e. The molecule has 2 atom stereocenters. The Morgan fingerprint density at radius 2 is 1.95 bits per heavy atom. The molecular formula is C14H23ClN2O2. The van der Waals surface area contributed by atoms with E-state index < -0.39 is 6.04 Å². The topological polar surface area (TPSA) is 75.3 Å². The third-order valence-electron chi connectivity index (χ3n) is 2.97. The van der Waals surface area contributed by atoms with Gasteiger partial charge in [0.25, 0.3) is 0 Å². The average Bonchev–Trinajstić information content (AvgIpc) is 2.38. The lowest BCUT2D eigenvalue weighted by Gasteiger charge is -2.14. The van der Waals surface area contributed by atoms with Gasteiger partial charge in [0.15, 0.2) is 0 Å². The van der Waals surface area contributed by atoms with Gasteiger partial charge in [0.2, 0.25) is 5.91 Å². The maximum atomic E-state index is 11.8. The van der Waals surface area contributed by atoms with Crippen LogP contribution in [0.2, 0.25) is 0 Å². The van der Waals surface area contributed by atoms with Crippen LogP contribution in [0.1, 0.15) is 36.9 Å². The molecular weight excluding hydrogens is 264 g/mol. The first kappa shape index (κ1) is 17.9. The number of nitrogens with two attached hydrogens (primary N) is 1. The average molecular weight is 287 g/mol. The smallest absolute Gasteiger partial charge is 0.241 e. The lowest BCUT2D eigenvalue weighted by Crippen LogP contribution is -2.35. The van der Waals surface area contributed by atoms with Gasteiger partial charge in [-0.15, -0.1) is 12.4 Å². The highest BCUT2D eigenvalue weighted by Crippen LogP contribution is 2.11. The Labute approximate surface area is 120 Å². The molecule has 1 rings (SSSR count). The molecule has 1 amide bonds. The SMILES string of the molecule is CCC(O)CCNC(=O)C(N)c1ccc(C)cc1.Cl. The molecule has 4 N–H and O–H groups in total. The van der Waals surface area contributed by atoms with E-state index in [0.717, 1.165) is 11.1 Å². The quantitative estimate of drug-likeness (QED) is 0.745. The van der Waals surface area contributed by atoms with E-state index in [2.05, 4.69) is 5.32 Å². The first-order valence-corrected chi connectivity index (χ1v) is 6.32. The minimum atomic E-state index is -0.649. The number of carbonyl (C=O) groups is 1. The molecule has 0 aliphatic carbocycles. The van der Waals surface area contributed by atoms with Crippen LogP contribution in [0.25, 0.3) is 0 Å². The lowest BCUT2D eigenvalue weighted by atomic mass is 10.1. The van der Waals surface area contributed by atoms with Gasteiger partial charge in [0.05, 0.1) is 6.10 Å². The molecule has 4 nitrogen and oxygen atoms in total. The number of aliphatic hydroxyl groups excluding tert-OH is 1. The summed E-state index contributed by atoms with van der Waals surface area (Å²) in [5, 5.41) is 12.1. The van der Waals surface area contributed by atoms with Crippen LogP contribution in [0.4, 0.5) is 0 Å². The van der Waals surface area contributed by atoms with Crippen molar-refractivity contribution in [1.29, 1.82) is 0 Å². The maximum Gasteiger partial charge on any atom is 0.241 e. The van der Waals surface area contributed by atoms with Crippen molar-refractivity contribution in [1.82, 2.24) is 5.32 Å². The molecule has 0 fully saturated rings. The Bertz CT molecular complexity index is 382. The summed E-state index contributed by atoms with van der Waals surface area (Å²) in [6.45, 7) is 4.35. The zero-order valence-electron chi connectivity index (χ0n) is 11.4. The number of hydrogen-bond donors (Lipinski definition) is 3. The molecule has 0 heterocycles. The monoisotopic (exact) mass is 286 g/mol. The van der Waals surface area contributed by atoms with Gasteiger partial charge in [-0.1, -0.05) is 36.8 Å². The Balaban J connectivity index is 0.00000324. The summed E-state index contributed by atoms with van der Waals surface area (Å²) in [7, 11) is 0. The fourth-order valence-corrected chi connectivity index (χ4v) is 1.60. The third-order valence-corrected chi connectivity index (χ3v) is 2.97. The molecule has 108 valence electrons.